The van der Waals surface area contributed by atoms with Crippen LogP contribution in [0.25, 0.3) is 5.70 Å². The molecule has 1 N–H and O–H groups in total. The van der Waals surface area contributed by atoms with Gasteiger partial charge in [-0.1, -0.05) is 32.3 Å². The Morgan fingerprint density at radius 1 is 1.37 bits per heavy atom. The van der Waals surface area contributed by atoms with Gasteiger partial charge in [0.2, 0.25) is 0 Å². The van der Waals surface area contributed by atoms with Crippen molar-refractivity contribution >= 4 is 12.0 Å². The Hall–Kier alpha value is -1.58. The molecule has 2 aliphatic rings. The van der Waals surface area contributed by atoms with Gasteiger partial charge < -0.3 is 5.32 Å². The number of hydrogen-bond acceptors (Lipinski definition) is 3. The highest BCUT2D eigenvalue weighted by molar-refractivity contribution is 5.78. The molecule has 1 aliphatic carbocycles. The predicted molar refractivity (Wildman–Crippen MR) is 78.1 cm³/mol. The molecule has 0 spiro atoms. The number of imidazole rings is 1. The van der Waals surface area contributed by atoms with Gasteiger partial charge in [0.05, 0.1) is 11.4 Å². The first-order chi connectivity index (χ1) is 9.35. The van der Waals surface area contributed by atoms with Crippen LogP contribution in [0.3, 0.4) is 0 Å². The maximum absolute atomic E-state index is 4.90. The van der Waals surface area contributed by atoms with Crippen LogP contribution in [0.4, 0.5) is 0 Å². The zero-order chi connectivity index (χ0) is 13.2. The Morgan fingerprint density at radius 3 is 2.84 bits per heavy atom. The lowest BCUT2D eigenvalue weighted by Crippen LogP contribution is -2.21. The smallest absolute Gasteiger partial charge is 0.134 e. The summed E-state index contributed by atoms with van der Waals surface area (Å²) in [6.45, 7) is 4.22. The van der Waals surface area contributed by atoms with Gasteiger partial charge in [0, 0.05) is 5.92 Å². The second-order valence-corrected chi connectivity index (χ2v) is 5.36. The number of fused-ring (bicyclic) bond motifs is 1. The van der Waals surface area contributed by atoms with Gasteiger partial charge in [-0.25, -0.2) is 9.66 Å². The Bertz CT molecular complexity index is 518. The van der Waals surface area contributed by atoms with Crippen LogP contribution < -0.4 is 5.32 Å². The van der Waals surface area contributed by atoms with Crippen LogP contribution in [-0.2, 0) is 6.42 Å². The Labute approximate surface area is 114 Å². The molecule has 1 aromatic heterocycles. The predicted octanol–water partition coefficient (Wildman–Crippen LogP) is 3.25. The number of nitrogens with one attached hydrogen (secondary N) is 1. The molecule has 1 saturated carbocycles. The molecule has 4 nitrogen and oxygen atoms in total. The molecule has 2 heterocycles. The Morgan fingerprint density at radius 2 is 2.16 bits per heavy atom. The highest BCUT2D eigenvalue weighted by atomic mass is 15.4. The fourth-order valence-electron chi connectivity index (χ4n) is 3.18. The van der Waals surface area contributed by atoms with E-state index in [1.165, 1.54) is 37.9 Å². The second kappa shape index (κ2) is 5.19. The molecule has 0 unspecified atom stereocenters. The molecule has 0 atom stereocenters. The van der Waals surface area contributed by atoms with E-state index in [4.69, 9.17) is 4.98 Å². The topological polar surface area (TPSA) is 42.2 Å². The van der Waals surface area contributed by atoms with Crippen molar-refractivity contribution in [3.8, 4) is 0 Å². The lowest BCUT2D eigenvalue weighted by atomic mass is 9.89. The van der Waals surface area contributed by atoms with Crippen molar-refractivity contribution in [1.29, 1.82) is 0 Å². The molecule has 1 fully saturated rings. The molecular weight excluding hydrogens is 236 g/mol. The minimum Gasteiger partial charge on any atom is -0.343 e. The van der Waals surface area contributed by atoms with Crippen molar-refractivity contribution in [2.45, 2.75) is 58.3 Å². The first-order valence-electron chi connectivity index (χ1n) is 7.42. The third-order valence-electron chi connectivity index (χ3n) is 4.19. The van der Waals surface area contributed by atoms with Crippen LogP contribution in [-0.4, -0.2) is 16.0 Å². The molecule has 19 heavy (non-hydrogen) atoms. The standard InChI is InChI=1S/C15H22N4/c1-3-12-14-13(4-2)18-15(19(14)17-10-16-12)11-8-6-5-7-9-11/h3,10-11H,4-9H2,1-2H3,(H,16,17)/b12-3+. The average molecular weight is 258 g/mol. The van der Waals surface area contributed by atoms with E-state index in [1.54, 1.807) is 6.34 Å². The van der Waals surface area contributed by atoms with E-state index in [0.717, 1.165) is 23.5 Å². The van der Waals surface area contributed by atoms with Crippen molar-refractivity contribution in [2.24, 2.45) is 5.10 Å². The van der Waals surface area contributed by atoms with Gasteiger partial charge in [-0.3, -0.25) is 0 Å². The zero-order valence-corrected chi connectivity index (χ0v) is 11.8. The minimum atomic E-state index is 0.584. The Balaban J connectivity index is 2.07. The summed E-state index contributed by atoms with van der Waals surface area (Å²) in [5.41, 5.74) is 3.45. The SMILES string of the molecule is C/C=C1/NC=Nn2c(C3CCCCC3)nc(CC)c21. The van der Waals surface area contributed by atoms with Gasteiger partial charge in [-0.2, -0.15) is 5.10 Å². The normalized spacial score (nSPS) is 21.5. The van der Waals surface area contributed by atoms with E-state index in [-0.39, 0.29) is 0 Å². The molecule has 102 valence electrons. The molecule has 1 aliphatic heterocycles. The molecule has 0 bridgehead atoms. The molecule has 3 rings (SSSR count). The summed E-state index contributed by atoms with van der Waals surface area (Å²) in [5, 5.41) is 7.74. The van der Waals surface area contributed by atoms with Crippen molar-refractivity contribution in [1.82, 2.24) is 15.0 Å². The molecule has 1 aromatic rings. The minimum absolute atomic E-state index is 0.584. The molecular formula is C15H22N4. The number of rotatable bonds is 2. The quantitative estimate of drug-likeness (QED) is 0.884. The molecule has 0 aromatic carbocycles. The van der Waals surface area contributed by atoms with Crippen LogP contribution in [0, 0.1) is 0 Å². The zero-order valence-electron chi connectivity index (χ0n) is 11.8. The number of nitrogens with zero attached hydrogens (tertiary/aromatic N) is 3. The lowest BCUT2D eigenvalue weighted by Gasteiger charge is -2.22. The number of aromatic nitrogens is 2. The Kier molecular flexibility index (Phi) is 3.40. The summed E-state index contributed by atoms with van der Waals surface area (Å²) in [4.78, 5) is 4.90. The third-order valence-corrected chi connectivity index (χ3v) is 4.19. The van der Waals surface area contributed by atoms with Crippen molar-refractivity contribution < 1.29 is 0 Å². The fraction of sp³-hybridized carbons (Fsp3) is 0.600. The van der Waals surface area contributed by atoms with Gasteiger partial charge in [-0.05, 0) is 26.2 Å². The first kappa shape index (κ1) is 12.5. The van der Waals surface area contributed by atoms with Crippen LogP contribution in [0.15, 0.2) is 11.2 Å². The summed E-state index contributed by atoms with van der Waals surface area (Å²) in [7, 11) is 0. The van der Waals surface area contributed by atoms with Gasteiger partial charge in [0.15, 0.2) is 0 Å². The second-order valence-electron chi connectivity index (χ2n) is 5.36. The van der Waals surface area contributed by atoms with E-state index in [2.05, 4.69) is 35.0 Å². The van der Waals surface area contributed by atoms with Crippen LogP contribution >= 0.6 is 0 Å². The summed E-state index contributed by atoms with van der Waals surface area (Å²) in [5.74, 6) is 1.75. The number of allylic oxidation sites excluding steroid dienone is 1. The average Bonchev–Trinajstić information content (AvgIpc) is 2.87. The van der Waals surface area contributed by atoms with Crippen LogP contribution in [0.1, 0.15) is 69.1 Å². The highest BCUT2D eigenvalue weighted by Crippen LogP contribution is 2.34. The largest absolute Gasteiger partial charge is 0.343 e. The van der Waals surface area contributed by atoms with E-state index >= 15 is 0 Å². The summed E-state index contributed by atoms with van der Waals surface area (Å²) >= 11 is 0. The van der Waals surface area contributed by atoms with Crippen molar-refractivity contribution in [3.05, 3.63) is 23.3 Å². The summed E-state index contributed by atoms with van der Waals surface area (Å²) < 4.78 is 2.07. The van der Waals surface area contributed by atoms with Crippen LogP contribution in [0.5, 0.6) is 0 Å². The van der Waals surface area contributed by atoms with Gasteiger partial charge in [0.25, 0.3) is 0 Å². The lowest BCUT2D eigenvalue weighted by molar-refractivity contribution is 0.419. The van der Waals surface area contributed by atoms with Gasteiger partial charge >= 0.3 is 0 Å². The molecule has 0 amide bonds. The fourth-order valence-corrected chi connectivity index (χ4v) is 3.18. The monoisotopic (exact) mass is 258 g/mol. The highest BCUT2D eigenvalue weighted by Gasteiger charge is 2.27. The first-order valence-corrected chi connectivity index (χ1v) is 7.42. The number of aryl methyl sites for hydroxylation is 1. The van der Waals surface area contributed by atoms with Gasteiger partial charge in [-0.15, -0.1) is 0 Å². The van der Waals surface area contributed by atoms with Crippen molar-refractivity contribution in [2.75, 3.05) is 0 Å². The van der Waals surface area contributed by atoms with E-state index in [1.807, 2.05) is 0 Å². The van der Waals surface area contributed by atoms with Gasteiger partial charge in [0.1, 0.15) is 17.9 Å². The molecule has 0 saturated heterocycles. The number of hydrogen-bond donors (Lipinski definition) is 1. The summed E-state index contributed by atoms with van der Waals surface area (Å²) in [6.07, 6.45) is 11.4. The van der Waals surface area contributed by atoms with Crippen LogP contribution in [0.2, 0.25) is 0 Å². The molecule has 4 heteroatoms. The van der Waals surface area contributed by atoms with E-state index < -0.39 is 0 Å². The van der Waals surface area contributed by atoms with E-state index in [0.29, 0.717) is 5.92 Å². The third kappa shape index (κ3) is 2.09. The maximum Gasteiger partial charge on any atom is 0.134 e. The molecule has 0 radical (unpaired) electrons. The summed E-state index contributed by atoms with van der Waals surface area (Å²) in [6, 6.07) is 0. The van der Waals surface area contributed by atoms with E-state index in [9.17, 15) is 0 Å². The van der Waals surface area contributed by atoms with Crippen molar-refractivity contribution in [3.63, 3.8) is 0 Å². The maximum atomic E-state index is 4.90.